The van der Waals surface area contributed by atoms with E-state index in [0.29, 0.717) is 0 Å². The molecule has 0 aliphatic heterocycles. The molecule has 0 saturated heterocycles. The molecule has 1 rings (SSSR count). The van der Waals surface area contributed by atoms with Crippen molar-refractivity contribution in [2.75, 3.05) is 13.7 Å². The first-order valence-electron chi connectivity index (χ1n) is 4.71. The second-order valence-electron chi connectivity index (χ2n) is 2.94. The number of hydrogen-bond donors (Lipinski definition) is 0. The second-order valence-corrected chi connectivity index (χ2v) is 3.73. The number of pyridine rings is 1. The Morgan fingerprint density at radius 3 is 2.71 bits per heavy atom. The van der Waals surface area contributed by atoms with Gasteiger partial charge in [0.2, 0.25) is 5.88 Å². The summed E-state index contributed by atoms with van der Waals surface area (Å²) < 4.78 is 34.9. The molecule has 1 aromatic rings. The lowest BCUT2D eigenvalue weighted by Gasteiger charge is -2.10. The largest absolute Gasteiger partial charge is 0.480 e. The smallest absolute Gasteiger partial charge is 0.357 e. The zero-order chi connectivity index (χ0) is 13.0. The Kier molecular flexibility index (Phi) is 4.80. The second kappa shape index (κ2) is 5.90. The molecule has 0 aromatic carbocycles. The van der Waals surface area contributed by atoms with Gasteiger partial charge in [-0.25, -0.2) is 18.6 Å². The first-order chi connectivity index (χ1) is 8.01. The fourth-order valence-corrected chi connectivity index (χ4v) is 1.67. The predicted molar refractivity (Wildman–Crippen MR) is 59.4 cm³/mol. The molecule has 0 fully saturated rings. The van der Waals surface area contributed by atoms with E-state index < -0.39 is 12.4 Å². The van der Waals surface area contributed by atoms with Crippen molar-refractivity contribution in [2.24, 2.45) is 0 Å². The zero-order valence-electron chi connectivity index (χ0n) is 9.17. The Hall–Kier alpha value is -1.24. The number of methoxy groups -OCH3 is 1. The standard InChI is InChI=1S/C10H10BrF2NO3/c1-3-17-10(15)6-4-5(8(12)13)7(11)9(14-6)16-2/h4,8H,3H2,1-2H3. The minimum absolute atomic E-state index is 0.0306. The number of carbonyl (C=O) groups is 1. The van der Waals surface area contributed by atoms with Crippen LogP contribution in [0.25, 0.3) is 0 Å². The van der Waals surface area contributed by atoms with E-state index in [2.05, 4.69) is 25.7 Å². The van der Waals surface area contributed by atoms with Crippen LogP contribution in [0.15, 0.2) is 10.5 Å². The number of carbonyl (C=O) groups excluding carboxylic acids is 1. The molecule has 0 spiro atoms. The third-order valence-electron chi connectivity index (χ3n) is 1.87. The number of aromatic nitrogens is 1. The molecule has 0 N–H and O–H groups in total. The Morgan fingerprint density at radius 1 is 1.59 bits per heavy atom. The fourth-order valence-electron chi connectivity index (χ4n) is 1.13. The maximum Gasteiger partial charge on any atom is 0.357 e. The van der Waals surface area contributed by atoms with Crippen LogP contribution in [0.5, 0.6) is 5.88 Å². The molecule has 0 aliphatic rings. The van der Waals surface area contributed by atoms with E-state index in [-0.39, 0.29) is 28.2 Å². The van der Waals surface area contributed by atoms with Gasteiger partial charge in [0.1, 0.15) is 0 Å². The quantitative estimate of drug-likeness (QED) is 0.802. The number of alkyl halides is 2. The van der Waals surface area contributed by atoms with E-state index >= 15 is 0 Å². The predicted octanol–water partition coefficient (Wildman–Crippen LogP) is 2.97. The third kappa shape index (κ3) is 3.12. The molecule has 1 aromatic heterocycles. The number of esters is 1. The van der Waals surface area contributed by atoms with Crippen LogP contribution >= 0.6 is 15.9 Å². The van der Waals surface area contributed by atoms with Gasteiger partial charge >= 0.3 is 5.97 Å². The van der Waals surface area contributed by atoms with Gasteiger partial charge < -0.3 is 9.47 Å². The lowest BCUT2D eigenvalue weighted by atomic mass is 10.2. The SMILES string of the molecule is CCOC(=O)c1cc(C(F)F)c(Br)c(OC)n1. The van der Waals surface area contributed by atoms with Crippen LogP contribution < -0.4 is 4.74 Å². The molecular weight excluding hydrogens is 300 g/mol. The maximum atomic E-state index is 12.7. The Bertz CT molecular complexity index is 426. The van der Waals surface area contributed by atoms with E-state index in [0.717, 1.165) is 6.07 Å². The number of rotatable bonds is 4. The molecule has 0 radical (unpaired) electrons. The van der Waals surface area contributed by atoms with Gasteiger partial charge in [0.05, 0.1) is 18.2 Å². The average Bonchev–Trinajstić information content (AvgIpc) is 2.29. The number of hydrogen-bond acceptors (Lipinski definition) is 4. The monoisotopic (exact) mass is 309 g/mol. The van der Waals surface area contributed by atoms with Gasteiger partial charge in [-0.05, 0) is 28.9 Å². The highest BCUT2D eigenvalue weighted by Gasteiger charge is 2.21. The van der Waals surface area contributed by atoms with Gasteiger partial charge in [-0.3, -0.25) is 0 Å². The van der Waals surface area contributed by atoms with Crippen LogP contribution in [0.1, 0.15) is 29.4 Å². The van der Waals surface area contributed by atoms with Crippen molar-refractivity contribution in [2.45, 2.75) is 13.3 Å². The average molecular weight is 310 g/mol. The van der Waals surface area contributed by atoms with Gasteiger partial charge in [-0.15, -0.1) is 0 Å². The molecule has 1 heterocycles. The van der Waals surface area contributed by atoms with Gasteiger partial charge in [0, 0.05) is 5.56 Å². The molecule has 0 unspecified atom stereocenters. The normalized spacial score (nSPS) is 10.5. The molecule has 7 heteroatoms. The Labute approximate surface area is 105 Å². The van der Waals surface area contributed by atoms with E-state index in [1.54, 1.807) is 6.92 Å². The van der Waals surface area contributed by atoms with Gasteiger partial charge in [0.25, 0.3) is 6.43 Å². The molecule has 94 valence electrons. The van der Waals surface area contributed by atoms with Crippen molar-refractivity contribution < 1.29 is 23.0 Å². The van der Waals surface area contributed by atoms with E-state index in [9.17, 15) is 13.6 Å². The zero-order valence-corrected chi connectivity index (χ0v) is 10.8. The van der Waals surface area contributed by atoms with Crippen molar-refractivity contribution in [1.29, 1.82) is 0 Å². The minimum atomic E-state index is -2.74. The number of nitrogens with zero attached hydrogens (tertiary/aromatic N) is 1. The first-order valence-corrected chi connectivity index (χ1v) is 5.50. The van der Waals surface area contributed by atoms with Crippen molar-refractivity contribution >= 4 is 21.9 Å². The summed E-state index contributed by atoms with van der Waals surface area (Å²) in [7, 11) is 1.28. The first kappa shape index (κ1) is 13.8. The molecule has 0 bridgehead atoms. The van der Waals surface area contributed by atoms with Crippen LogP contribution in [0.4, 0.5) is 8.78 Å². The molecule has 0 aliphatic carbocycles. The van der Waals surface area contributed by atoms with Gasteiger partial charge in [0.15, 0.2) is 5.69 Å². The summed E-state index contributed by atoms with van der Waals surface area (Å²) in [6.07, 6.45) is -2.74. The van der Waals surface area contributed by atoms with Crippen molar-refractivity contribution in [3.8, 4) is 5.88 Å². The molecule has 4 nitrogen and oxygen atoms in total. The summed E-state index contributed by atoms with van der Waals surface area (Å²) in [5.41, 5.74) is -0.567. The Morgan fingerprint density at radius 2 is 2.24 bits per heavy atom. The van der Waals surface area contributed by atoms with Gasteiger partial charge in [-0.1, -0.05) is 0 Å². The highest BCUT2D eigenvalue weighted by molar-refractivity contribution is 9.10. The van der Waals surface area contributed by atoms with Crippen LogP contribution in [-0.4, -0.2) is 24.7 Å². The Balaban J connectivity index is 3.25. The van der Waals surface area contributed by atoms with Crippen LogP contribution in [0.2, 0.25) is 0 Å². The maximum absolute atomic E-state index is 12.7. The number of halogens is 3. The van der Waals surface area contributed by atoms with Crippen molar-refractivity contribution in [3.63, 3.8) is 0 Å². The molecule has 17 heavy (non-hydrogen) atoms. The fraction of sp³-hybridized carbons (Fsp3) is 0.400. The topological polar surface area (TPSA) is 48.4 Å². The van der Waals surface area contributed by atoms with Gasteiger partial charge in [-0.2, -0.15) is 0 Å². The molecule has 0 atom stereocenters. The van der Waals surface area contributed by atoms with Crippen molar-refractivity contribution in [1.82, 2.24) is 4.98 Å². The summed E-state index contributed by atoms with van der Waals surface area (Å²) in [5, 5.41) is 0. The van der Waals surface area contributed by atoms with E-state index in [1.807, 2.05) is 0 Å². The minimum Gasteiger partial charge on any atom is -0.480 e. The van der Waals surface area contributed by atoms with E-state index in [4.69, 9.17) is 4.74 Å². The summed E-state index contributed by atoms with van der Waals surface area (Å²) in [4.78, 5) is 15.2. The highest BCUT2D eigenvalue weighted by atomic mass is 79.9. The summed E-state index contributed by atoms with van der Waals surface area (Å²) in [6, 6.07) is 0.981. The van der Waals surface area contributed by atoms with Crippen LogP contribution in [0, 0.1) is 0 Å². The van der Waals surface area contributed by atoms with Crippen molar-refractivity contribution in [3.05, 3.63) is 21.8 Å². The highest BCUT2D eigenvalue weighted by Crippen LogP contribution is 2.34. The van der Waals surface area contributed by atoms with Crippen LogP contribution in [-0.2, 0) is 4.74 Å². The lowest BCUT2D eigenvalue weighted by Crippen LogP contribution is -2.09. The van der Waals surface area contributed by atoms with Crippen LogP contribution in [0.3, 0.4) is 0 Å². The summed E-state index contributed by atoms with van der Waals surface area (Å²) in [6.45, 7) is 1.75. The summed E-state index contributed by atoms with van der Waals surface area (Å²) in [5.74, 6) is -0.842. The lowest BCUT2D eigenvalue weighted by molar-refractivity contribution is 0.0517. The number of ether oxygens (including phenoxy) is 2. The third-order valence-corrected chi connectivity index (χ3v) is 2.67. The van der Waals surface area contributed by atoms with E-state index in [1.165, 1.54) is 7.11 Å². The molecule has 0 amide bonds. The molecular formula is C10H10BrF2NO3. The summed E-state index contributed by atoms with van der Waals surface area (Å²) >= 11 is 2.94. The molecule has 0 saturated carbocycles.